The Labute approximate surface area is 137 Å². The minimum atomic E-state index is -3.53. The molecule has 2 fully saturated rings. The normalized spacial score (nSPS) is 23.1. The summed E-state index contributed by atoms with van der Waals surface area (Å²) in [5.41, 5.74) is 0. The largest absolute Gasteiger partial charge is 0.340 e. The van der Waals surface area contributed by atoms with Gasteiger partial charge in [-0.25, -0.2) is 8.42 Å². The van der Waals surface area contributed by atoms with Crippen LogP contribution >= 0.6 is 0 Å². The number of rotatable bonds is 3. The Kier molecular flexibility index (Phi) is 4.42. The second-order valence-electron chi connectivity index (χ2n) is 6.12. The van der Waals surface area contributed by atoms with E-state index in [2.05, 4.69) is 5.92 Å². The topological polar surface area (TPSA) is 57.7 Å². The summed E-state index contributed by atoms with van der Waals surface area (Å²) in [7, 11) is -3.53. The van der Waals surface area contributed by atoms with Crippen LogP contribution in [0.4, 0.5) is 0 Å². The lowest BCUT2D eigenvalue weighted by Crippen LogP contribution is -2.54. The van der Waals surface area contributed by atoms with Crippen LogP contribution in [0, 0.1) is 24.2 Å². The van der Waals surface area contributed by atoms with E-state index in [1.807, 2.05) is 0 Å². The summed E-state index contributed by atoms with van der Waals surface area (Å²) in [5.74, 6) is 2.56. The zero-order chi connectivity index (χ0) is 16.4. The molecule has 1 aromatic carbocycles. The number of carbonyl (C=O) groups excluding carboxylic acids is 1. The van der Waals surface area contributed by atoms with Gasteiger partial charge in [-0.05, 0) is 25.0 Å². The highest BCUT2D eigenvalue weighted by molar-refractivity contribution is 7.89. The predicted octanol–water partition coefficient (Wildman–Crippen LogP) is 1.18. The molecule has 2 aliphatic rings. The highest BCUT2D eigenvalue weighted by Gasteiger charge is 2.38. The third kappa shape index (κ3) is 3.12. The highest BCUT2D eigenvalue weighted by atomic mass is 32.2. The second-order valence-corrected chi connectivity index (χ2v) is 8.06. The fourth-order valence-corrected chi connectivity index (χ4v) is 4.67. The summed E-state index contributed by atoms with van der Waals surface area (Å²) in [6, 6.07) is 8.38. The average molecular weight is 332 g/mol. The number of amides is 1. The number of benzene rings is 1. The first kappa shape index (κ1) is 16.0. The predicted molar refractivity (Wildman–Crippen MR) is 86.8 cm³/mol. The van der Waals surface area contributed by atoms with E-state index in [9.17, 15) is 13.2 Å². The maximum absolute atomic E-state index is 12.7. The number of carbonyl (C=O) groups is 1. The van der Waals surface area contributed by atoms with E-state index < -0.39 is 10.0 Å². The zero-order valence-electron chi connectivity index (χ0n) is 12.9. The maximum Gasteiger partial charge on any atom is 0.243 e. The molecule has 1 aromatic rings. The number of sulfonamides is 1. The van der Waals surface area contributed by atoms with Crippen molar-refractivity contribution >= 4 is 15.9 Å². The molecule has 0 saturated carbocycles. The van der Waals surface area contributed by atoms with Crippen molar-refractivity contribution in [2.75, 3.05) is 26.2 Å². The van der Waals surface area contributed by atoms with Gasteiger partial charge in [-0.1, -0.05) is 24.1 Å². The standard InChI is InChI=1S/C17H20N2O3S/c1-2-14-11-18(12-14)17(20)15-7-6-10-19(13-15)23(21,22)16-8-4-3-5-9-16/h1,3-5,8-9,14-15H,6-7,10-13H2/t15-/m0/s1. The van der Waals surface area contributed by atoms with Crippen molar-refractivity contribution in [3.8, 4) is 12.3 Å². The van der Waals surface area contributed by atoms with Crippen molar-refractivity contribution in [3.63, 3.8) is 0 Å². The van der Waals surface area contributed by atoms with Crippen LogP contribution in [0.15, 0.2) is 35.2 Å². The molecule has 0 unspecified atom stereocenters. The van der Waals surface area contributed by atoms with Gasteiger partial charge in [0.05, 0.1) is 16.7 Å². The lowest BCUT2D eigenvalue weighted by atomic mass is 9.93. The van der Waals surface area contributed by atoms with Gasteiger partial charge in [0.2, 0.25) is 15.9 Å². The van der Waals surface area contributed by atoms with Gasteiger partial charge in [0.15, 0.2) is 0 Å². The molecule has 0 spiro atoms. The molecule has 0 aliphatic carbocycles. The van der Waals surface area contributed by atoms with Crippen LogP contribution in [0.2, 0.25) is 0 Å². The van der Waals surface area contributed by atoms with E-state index in [1.54, 1.807) is 35.2 Å². The summed E-state index contributed by atoms with van der Waals surface area (Å²) >= 11 is 0. The SMILES string of the molecule is C#CC1CN(C(=O)[C@H]2CCCN(S(=O)(=O)c3ccccc3)C2)C1. The molecule has 2 saturated heterocycles. The zero-order valence-corrected chi connectivity index (χ0v) is 13.7. The third-order valence-corrected chi connectivity index (χ3v) is 6.42. The molecule has 2 heterocycles. The van der Waals surface area contributed by atoms with Crippen LogP contribution in [0.5, 0.6) is 0 Å². The average Bonchev–Trinajstić information content (AvgIpc) is 2.54. The molecular weight excluding hydrogens is 312 g/mol. The van der Waals surface area contributed by atoms with Crippen molar-refractivity contribution in [1.82, 2.24) is 9.21 Å². The second kappa shape index (κ2) is 6.34. The molecular formula is C17H20N2O3S. The van der Waals surface area contributed by atoms with Crippen molar-refractivity contribution in [3.05, 3.63) is 30.3 Å². The van der Waals surface area contributed by atoms with Crippen LogP contribution in [0.1, 0.15) is 12.8 Å². The number of piperidine rings is 1. The van der Waals surface area contributed by atoms with Gasteiger partial charge >= 0.3 is 0 Å². The van der Waals surface area contributed by atoms with E-state index in [0.29, 0.717) is 26.1 Å². The summed E-state index contributed by atoms with van der Waals surface area (Å²) in [6.07, 6.45) is 6.78. The molecule has 1 atom stereocenters. The summed E-state index contributed by atoms with van der Waals surface area (Å²) < 4.78 is 26.8. The molecule has 3 rings (SSSR count). The lowest BCUT2D eigenvalue weighted by Gasteiger charge is -2.40. The number of terminal acetylenes is 1. The van der Waals surface area contributed by atoms with Crippen LogP contribution in [0.25, 0.3) is 0 Å². The summed E-state index contributed by atoms with van der Waals surface area (Å²) in [5, 5.41) is 0. The van der Waals surface area contributed by atoms with Gasteiger partial charge in [-0.3, -0.25) is 4.79 Å². The molecule has 122 valence electrons. The fourth-order valence-electron chi connectivity index (χ4n) is 3.13. The maximum atomic E-state index is 12.7. The Morgan fingerprint density at radius 1 is 1.17 bits per heavy atom. The van der Waals surface area contributed by atoms with E-state index in [4.69, 9.17) is 6.42 Å². The van der Waals surface area contributed by atoms with Gasteiger partial charge in [0, 0.05) is 26.2 Å². The summed E-state index contributed by atoms with van der Waals surface area (Å²) in [4.78, 5) is 14.5. The van der Waals surface area contributed by atoms with Crippen LogP contribution < -0.4 is 0 Å². The van der Waals surface area contributed by atoms with Crippen LogP contribution in [-0.2, 0) is 14.8 Å². The molecule has 6 heteroatoms. The van der Waals surface area contributed by atoms with E-state index in [0.717, 1.165) is 6.42 Å². The molecule has 0 N–H and O–H groups in total. The van der Waals surface area contributed by atoms with Gasteiger partial charge < -0.3 is 4.90 Å². The fraction of sp³-hybridized carbons (Fsp3) is 0.471. The van der Waals surface area contributed by atoms with Gasteiger partial charge in [-0.2, -0.15) is 4.31 Å². The van der Waals surface area contributed by atoms with E-state index in [1.165, 1.54) is 4.31 Å². The Morgan fingerprint density at radius 3 is 2.52 bits per heavy atom. The monoisotopic (exact) mass is 332 g/mol. The minimum Gasteiger partial charge on any atom is -0.340 e. The lowest BCUT2D eigenvalue weighted by molar-refractivity contribution is -0.141. The summed E-state index contributed by atoms with van der Waals surface area (Å²) in [6.45, 7) is 1.91. The highest BCUT2D eigenvalue weighted by Crippen LogP contribution is 2.27. The van der Waals surface area contributed by atoms with Crippen LogP contribution in [0.3, 0.4) is 0 Å². The molecule has 1 amide bonds. The molecule has 5 nitrogen and oxygen atoms in total. The Morgan fingerprint density at radius 2 is 1.87 bits per heavy atom. The molecule has 0 radical (unpaired) electrons. The quantitative estimate of drug-likeness (QED) is 0.781. The van der Waals surface area contributed by atoms with Gasteiger partial charge in [-0.15, -0.1) is 6.42 Å². The third-order valence-electron chi connectivity index (χ3n) is 4.54. The van der Waals surface area contributed by atoms with Crippen LogP contribution in [-0.4, -0.2) is 49.7 Å². The molecule has 23 heavy (non-hydrogen) atoms. The Balaban J connectivity index is 1.69. The molecule has 0 aromatic heterocycles. The Bertz CT molecular complexity index is 718. The first-order valence-electron chi connectivity index (χ1n) is 7.82. The van der Waals surface area contributed by atoms with Gasteiger partial charge in [0.25, 0.3) is 0 Å². The molecule has 2 aliphatic heterocycles. The van der Waals surface area contributed by atoms with Crippen molar-refractivity contribution in [2.24, 2.45) is 11.8 Å². The number of nitrogens with zero attached hydrogens (tertiary/aromatic N) is 2. The first-order chi connectivity index (χ1) is 11.0. The minimum absolute atomic E-state index is 0.0319. The number of likely N-dealkylation sites (tertiary alicyclic amines) is 1. The molecule has 0 bridgehead atoms. The van der Waals surface area contributed by atoms with Gasteiger partial charge in [0.1, 0.15) is 0 Å². The van der Waals surface area contributed by atoms with Crippen molar-refractivity contribution in [1.29, 1.82) is 0 Å². The smallest absolute Gasteiger partial charge is 0.243 e. The van der Waals surface area contributed by atoms with E-state index in [-0.39, 0.29) is 29.2 Å². The van der Waals surface area contributed by atoms with Crippen molar-refractivity contribution in [2.45, 2.75) is 17.7 Å². The number of hydrogen-bond acceptors (Lipinski definition) is 3. The van der Waals surface area contributed by atoms with Crippen molar-refractivity contribution < 1.29 is 13.2 Å². The van der Waals surface area contributed by atoms with E-state index >= 15 is 0 Å². The first-order valence-corrected chi connectivity index (χ1v) is 9.26. The number of hydrogen-bond donors (Lipinski definition) is 0. The Hall–Kier alpha value is -1.84.